The zero-order chi connectivity index (χ0) is 13.4. The summed E-state index contributed by atoms with van der Waals surface area (Å²) in [4.78, 5) is 4.20. The van der Waals surface area contributed by atoms with Crippen LogP contribution < -0.4 is 15.4 Å². The lowest BCUT2D eigenvalue weighted by molar-refractivity contribution is 0.409. The molecule has 108 valence electrons. The summed E-state index contributed by atoms with van der Waals surface area (Å²) in [6.45, 7) is 4.97. The van der Waals surface area contributed by atoms with E-state index < -0.39 is 0 Å². The molecule has 0 aromatic heterocycles. The van der Waals surface area contributed by atoms with Crippen LogP contribution in [0.2, 0.25) is 0 Å². The Bertz CT molecular complexity index is 396. The van der Waals surface area contributed by atoms with Crippen LogP contribution in [0.25, 0.3) is 0 Å². The number of hydrogen-bond acceptors (Lipinski definition) is 2. The van der Waals surface area contributed by atoms with Gasteiger partial charge in [0.2, 0.25) is 0 Å². The van der Waals surface area contributed by atoms with Crippen LogP contribution in [0.1, 0.15) is 25.8 Å². The molecule has 0 aliphatic heterocycles. The molecule has 2 N–H and O–H groups in total. The van der Waals surface area contributed by atoms with Gasteiger partial charge in [0.1, 0.15) is 5.75 Å². The van der Waals surface area contributed by atoms with E-state index in [2.05, 4.69) is 29.5 Å². The third-order valence-electron chi connectivity index (χ3n) is 2.86. The molecule has 1 aromatic carbocycles. The van der Waals surface area contributed by atoms with E-state index in [4.69, 9.17) is 4.74 Å². The number of aliphatic imine (C=N–C) groups is 1. The van der Waals surface area contributed by atoms with Crippen LogP contribution in [-0.2, 0) is 6.54 Å². The summed E-state index contributed by atoms with van der Waals surface area (Å²) >= 11 is 0. The summed E-state index contributed by atoms with van der Waals surface area (Å²) < 4.78 is 5.31. The van der Waals surface area contributed by atoms with E-state index in [1.165, 1.54) is 0 Å². The molecule has 0 aliphatic carbocycles. The largest absolute Gasteiger partial charge is 0.496 e. The van der Waals surface area contributed by atoms with Crippen LogP contribution in [0.4, 0.5) is 0 Å². The molecule has 1 rings (SSSR count). The molecule has 1 unspecified atom stereocenters. The zero-order valence-electron chi connectivity index (χ0n) is 12.1. The van der Waals surface area contributed by atoms with Gasteiger partial charge < -0.3 is 15.4 Å². The highest BCUT2D eigenvalue weighted by Crippen LogP contribution is 2.16. The average Bonchev–Trinajstić information content (AvgIpc) is 2.43. The molecule has 1 atom stereocenters. The standard InChI is InChI=1S/C14H23N3O.HI/c1-5-11(2)17-14(15-3)16-10-12-8-6-7-9-13(12)18-4;/h6-9,11H,5,10H2,1-4H3,(H2,15,16,17);1H. The predicted octanol–water partition coefficient (Wildman–Crippen LogP) is 2.78. The van der Waals surface area contributed by atoms with Gasteiger partial charge >= 0.3 is 0 Å². The van der Waals surface area contributed by atoms with Gasteiger partial charge in [0.25, 0.3) is 0 Å². The van der Waals surface area contributed by atoms with Crippen molar-refractivity contribution in [3.8, 4) is 5.75 Å². The Morgan fingerprint density at radius 2 is 2.05 bits per heavy atom. The maximum absolute atomic E-state index is 5.31. The van der Waals surface area contributed by atoms with Gasteiger partial charge in [0.05, 0.1) is 7.11 Å². The molecular weight excluding hydrogens is 353 g/mol. The molecule has 0 spiro atoms. The van der Waals surface area contributed by atoms with Crippen molar-refractivity contribution >= 4 is 29.9 Å². The maximum Gasteiger partial charge on any atom is 0.191 e. The first kappa shape index (κ1) is 18.0. The van der Waals surface area contributed by atoms with Crippen LogP contribution in [0, 0.1) is 0 Å². The van der Waals surface area contributed by atoms with Crippen LogP contribution in [0.5, 0.6) is 5.75 Å². The highest BCUT2D eigenvalue weighted by molar-refractivity contribution is 14.0. The summed E-state index contributed by atoms with van der Waals surface area (Å²) in [6.07, 6.45) is 1.06. The SMILES string of the molecule is CCC(C)NC(=NC)NCc1ccccc1OC.I. The molecule has 19 heavy (non-hydrogen) atoms. The monoisotopic (exact) mass is 377 g/mol. The average molecular weight is 377 g/mol. The smallest absolute Gasteiger partial charge is 0.191 e. The number of methoxy groups -OCH3 is 1. The summed E-state index contributed by atoms with van der Waals surface area (Å²) in [6, 6.07) is 8.39. The van der Waals surface area contributed by atoms with Crippen molar-refractivity contribution in [2.24, 2.45) is 4.99 Å². The number of para-hydroxylation sites is 1. The number of ether oxygens (including phenoxy) is 1. The van der Waals surface area contributed by atoms with E-state index in [1.54, 1.807) is 14.2 Å². The predicted molar refractivity (Wildman–Crippen MR) is 91.5 cm³/mol. The number of nitrogens with zero attached hydrogens (tertiary/aromatic N) is 1. The van der Waals surface area contributed by atoms with Crippen molar-refractivity contribution in [2.75, 3.05) is 14.2 Å². The molecule has 0 aliphatic rings. The highest BCUT2D eigenvalue weighted by atomic mass is 127. The van der Waals surface area contributed by atoms with Crippen LogP contribution in [0.3, 0.4) is 0 Å². The molecule has 0 saturated heterocycles. The van der Waals surface area contributed by atoms with Crippen molar-refractivity contribution in [1.29, 1.82) is 0 Å². The normalized spacial score (nSPS) is 12.3. The molecule has 4 nitrogen and oxygen atoms in total. The molecule has 0 bridgehead atoms. The Hall–Kier alpha value is -0.980. The molecule has 5 heteroatoms. The van der Waals surface area contributed by atoms with Crippen LogP contribution >= 0.6 is 24.0 Å². The minimum atomic E-state index is 0. The fraction of sp³-hybridized carbons (Fsp3) is 0.500. The fourth-order valence-corrected chi connectivity index (χ4v) is 1.56. The van der Waals surface area contributed by atoms with Gasteiger partial charge in [-0.05, 0) is 19.4 Å². The van der Waals surface area contributed by atoms with E-state index in [0.717, 1.165) is 23.7 Å². The third-order valence-corrected chi connectivity index (χ3v) is 2.86. The molecule has 0 radical (unpaired) electrons. The Morgan fingerprint density at radius 3 is 2.63 bits per heavy atom. The lowest BCUT2D eigenvalue weighted by Crippen LogP contribution is -2.41. The van der Waals surface area contributed by atoms with Crippen molar-refractivity contribution < 1.29 is 4.74 Å². The van der Waals surface area contributed by atoms with Crippen molar-refractivity contribution in [3.63, 3.8) is 0 Å². The summed E-state index contributed by atoms with van der Waals surface area (Å²) in [5.74, 6) is 1.71. The molecule has 0 heterocycles. The van der Waals surface area contributed by atoms with Gasteiger partial charge in [0, 0.05) is 25.2 Å². The number of nitrogens with one attached hydrogen (secondary N) is 2. The topological polar surface area (TPSA) is 45.7 Å². The summed E-state index contributed by atoms with van der Waals surface area (Å²) in [5, 5.41) is 6.61. The Morgan fingerprint density at radius 1 is 1.37 bits per heavy atom. The van der Waals surface area contributed by atoms with Gasteiger partial charge in [-0.25, -0.2) is 0 Å². The van der Waals surface area contributed by atoms with Gasteiger partial charge in [-0.3, -0.25) is 4.99 Å². The van der Waals surface area contributed by atoms with Crippen LogP contribution in [0.15, 0.2) is 29.3 Å². The maximum atomic E-state index is 5.31. The number of halogens is 1. The first-order chi connectivity index (χ1) is 8.71. The molecule has 0 fully saturated rings. The minimum Gasteiger partial charge on any atom is -0.496 e. The van der Waals surface area contributed by atoms with Crippen molar-refractivity contribution in [1.82, 2.24) is 10.6 Å². The first-order valence-electron chi connectivity index (χ1n) is 6.30. The second-order valence-electron chi connectivity index (χ2n) is 4.19. The van der Waals surface area contributed by atoms with E-state index in [9.17, 15) is 0 Å². The van der Waals surface area contributed by atoms with Gasteiger partial charge in [-0.1, -0.05) is 25.1 Å². The first-order valence-corrected chi connectivity index (χ1v) is 6.30. The minimum absolute atomic E-state index is 0. The zero-order valence-corrected chi connectivity index (χ0v) is 14.4. The Kier molecular flexibility index (Phi) is 9.38. The molecule has 1 aromatic rings. The lowest BCUT2D eigenvalue weighted by Gasteiger charge is -2.17. The van der Waals surface area contributed by atoms with E-state index in [1.807, 2.05) is 24.3 Å². The van der Waals surface area contributed by atoms with E-state index >= 15 is 0 Å². The number of rotatable bonds is 5. The Labute approximate surface area is 133 Å². The van der Waals surface area contributed by atoms with Crippen molar-refractivity contribution in [2.45, 2.75) is 32.9 Å². The third kappa shape index (κ3) is 6.13. The number of hydrogen-bond donors (Lipinski definition) is 2. The van der Waals surface area contributed by atoms with E-state index in [0.29, 0.717) is 12.6 Å². The molecule has 0 saturated carbocycles. The molecule has 0 amide bonds. The quantitative estimate of drug-likeness (QED) is 0.471. The second-order valence-corrected chi connectivity index (χ2v) is 4.19. The Balaban J connectivity index is 0.00000324. The second kappa shape index (κ2) is 9.89. The lowest BCUT2D eigenvalue weighted by atomic mass is 10.2. The number of benzene rings is 1. The van der Waals surface area contributed by atoms with Gasteiger partial charge in [0.15, 0.2) is 5.96 Å². The van der Waals surface area contributed by atoms with Crippen molar-refractivity contribution in [3.05, 3.63) is 29.8 Å². The van der Waals surface area contributed by atoms with Gasteiger partial charge in [-0.15, -0.1) is 24.0 Å². The summed E-state index contributed by atoms with van der Waals surface area (Å²) in [7, 11) is 3.46. The van der Waals surface area contributed by atoms with E-state index in [-0.39, 0.29) is 24.0 Å². The van der Waals surface area contributed by atoms with Crippen LogP contribution in [-0.4, -0.2) is 26.2 Å². The number of guanidine groups is 1. The highest BCUT2D eigenvalue weighted by Gasteiger charge is 2.05. The summed E-state index contributed by atoms with van der Waals surface area (Å²) in [5.41, 5.74) is 1.12. The fourth-order valence-electron chi connectivity index (χ4n) is 1.56. The van der Waals surface area contributed by atoms with Gasteiger partial charge in [-0.2, -0.15) is 0 Å². The molecular formula is C14H24IN3O.